The number of benzene rings is 1. The summed E-state index contributed by atoms with van der Waals surface area (Å²) in [6.45, 7) is 6.53. The third-order valence-electron chi connectivity index (χ3n) is 6.65. The van der Waals surface area contributed by atoms with E-state index in [1.165, 1.54) is 49.7 Å². The molecular weight excluding hydrogens is 308 g/mol. The van der Waals surface area contributed by atoms with Crippen LogP contribution in [0.5, 0.6) is 0 Å². The van der Waals surface area contributed by atoms with Crippen molar-refractivity contribution < 1.29 is 9.53 Å². The van der Waals surface area contributed by atoms with Gasteiger partial charge in [0.2, 0.25) is 0 Å². The van der Waals surface area contributed by atoms with Crippen molar-refractivity contribution in [3.05, 3.63) is 35.4 Å². The number of hydrogen-bond acceptors (Lipinski definition) is 2. The number of ether oxygens (including phenoxy) is 1. The number of carbonyl (C=O) groups excluding carboxylic acids is 1. The van der Waals surface area contributed by atoms with E-state index in [0.29, 0.717) is 17.8 Å². The maximum Gasteiger partial charge on any atom is 0.308 e. The molecule has 1 aromatic carbocycles. The van der Waals surface area contributed by atoms with Crippen LogP contribution >= 0.6 is 0 Å². The summed E-state index contributed by atoms with van der Waals surface area (Å²) in [5.74, 6) is 2.04. The smallest absolute Gasteiger partial charge is 0.308 e. The number of rotatable bonds is 5. The Kier molecular flexibility index (Phi) is 6.19. The van der Waals surface area contributed by atoms with Gasteiger partial charge in [-0.15, -0.1) is 0 Å². The zero-order valence-corrected chi connectivity index (χ0v) is 16.2. The molecule has 1 aliphatic carbocycles. The Morgan fingerprint density at radius 2 is 1.72 bits per heavy atom. The van der Waals surface area contributed by atoms with Gasteiger partial charge in [-0.25, -0.2) is 0 Å². The van der Waals surface area contributed by atoms with Crippen LogP contribution in [0.2, 0.25) is 0 Å². The van der Waals surface area contributed by atoms with E-state index in [-0.39, 0.29) is 18.0 Å². The van der Waals surface area contributed by atoms with E-state index in [1.54, 1.807) is 0 Å². The molecule has 0 aromatic heterocycles. The quantitative estimate of drug-likeness (QED) is 0.624. The predicted octanol–water partition coefficient (Wildman–Crippen LogP) is 5.89. The molecule has 3 unspecified atom stereocenters. The first-order chi connectivity index (χ1) is 12.1. The molecule has 138 valence electrons. The van der Waals surface area contributed by atoms with Crippen LogP contribution in [0.3, 0.4) is 0 Å². The molecular formula is C23H34O2. The molecule has 1 heterocycles. The Morgan fingerprint density at radius 1 is 1.04 bits per heavy atom. The normalized spacial score (nSPS) is 31.4. The second kappa shape index (κ2) is 8.38. The standard InChI is InChI=1S/C23H34O2/c1-4-5-18-7-9-20(10-8-18)21-13-11-19(12-14-21)17(3)22-15-6-16(2)23(24)25-22/h7-10,16-17,19,21-22H,4-6,11-15H2,1-3H3. The minimum absolute atomic E-state index is 0.0176. The number of cyclic esters (lactones) is 1. The van der Waals surface area contributed by atoms with E-state index in [4.69, 9.17) is 4.74 Å². The van der Waals surface area contributed by atoms with Crippen molar-refractivity contribution in [2.24, 2.45) is 17.8 Å². The second-order valence-electron chi connectivity index (χ2n) is 8.42. The van der Waals surface area contributed by atoms with Gasteiger partial charge in [0.1, 0.15) is 6.10 Å². The molecule has 2 aliphatic rings. The second-order valence-corrected chi connectivity index (χ2v) is 8.42. The molecule has 1 aromatic rings. The summed E-state index contributed by atoms with van der Waals surface area (Å²) < 4.78 is 5.72. The Bertz CT molecular complexity index is 554. The number of aryl methyl sites for hydroxylation is 1. The Morgan fingerprint density at radius 3 is 2.32 bits per heavy atom. The lowest BCUT2D eigenvalue weighted by atomic mass is 9.72. The third-order valence-corrected chi connectivity index (χ3v) is 6.65. The van der Waals surface area contributed by atoms with Crippen LogP contribution in [0.15, 0.2) is 24.3 Å². The van der Waals surface area contributed by atoms with Crippen molar-refractivity contribution >= 4 is 5.97 Å². The molecule has 25 heavy (non-hydrogen) atoms. The maximum absolute atomic E-state index is 11.9. The van der Waals surface area contributed by atoms with Gasteiger partial charge in [0.15, 0.2) is 0 Å². The summed E-state index contributed by atoms with van der Waals surface area (Å²) in [7, 11) is 0. The Hall–Kier alpha value is -1.31. The van der Waals surface area contributed by atoms with E-state index >= 15 is 0 Å². The lowest BCUT2D eigenvalue weighted by Crippen LogP contribution is -2.37. The van der Waals surface area contributed by atoms with Crippen molar-refractivity contribution in [1.29, 1.82) is 0 Å². The summed E-state index contributed by atoms with van der Waals surface area (Å²) in [5.41, 5.74) is 2.98. The molecule has 1 saturated heterocycles. The average Bonchev–Trinajstić information content (AvgIpc) is 2.64. The number of esters is 1. The molecule has 0 bridgehead atoms. The van der Waals surface area contributed by atoms with Gasteiger partial charge in [-0.2, -0.15) is 0 Å². The molecule has 0 amide bonds. The molecule has 3 atom stereocenters. The lowest BCUT2D eigenvalue weighted by Gasteiger charge is -2.38. The fourth-order valence-corrected chi connectivity index (χ4v) is 4.75. The molecule has 0 spiro atoms. The fraction of sp³-hybridized carbons (Fsp3) is 0.696. The summed E-state index contributed by atoms with van der Waals surface area (Å²) in [6, 6.07) is 9.33. The number of hydrogen-bond donors (Lipinski definition) is 0. The fourth-order valence-electron chi connectivity index (χ4n) is 4.75. The van der Waals surface area contributed by atoms with Crippen LogP contribution < -0.4 is 0 Å². The van der Waals surface area contributed by atoms with Crippen molar-refractivity contribution in [2.75, 3.05) is 0 Å². The van der Waals surface area contributed by atoms with E-state index < -0.39 is 0 Å². The van der Waals surface area contributed by atoms with E-state index in [9.17, 15) is 4.79 Å². The van der Waals surface area contributed by atoms with Crippen LogP contribution in [-0.4, -0.2) is 12.1 Å². The summed E-state index contributed by atoms with van der Waals surface area (Å²) in [6.07, 6.45) is 9.69. The summed E-state index contributed by atoms with van der Waals surface area (Å²) >= 11 is 0. The molecule has 1 aliphatic heterocycles. The SMILES string of the molecule is CCCc1ccc(C2CCC(C(C)C3CCC(C)C(=O)O3)CC2)cc1. The van der Waals surface area contributed by atoms with Gasteiger partial charge >= 0.3 is 5.97 Å². The molecule has 3 rings (SSSR count). The molecule has 2 fully saturated rings. The average molecular weight is 343 g/mol. The molecule has 2 nitrogen and oxygen atoms in total. The van der Waals surface area contributed by atoms with Gasteiger partial charge in [-0.3, -0.25) is 4.79 Å². The van der Waals surface area contributed by atoms with E-state index in [0.717, 1.165) is 12.8 Å². The highest BCUT2D eigenvalue weighted by Gasteiger charge is 2.35. The minimum atomic E-state index is 0.0176. The minimum Gasteiger partial charge on any atom is -0.462 e. The first-order valence-corrected chi connectivity index (χ1v) is 10.4. The van der Waals surface area contributed by atoms with Crippen LogP contribution in [0.4, 0.5) is 0 Å². The van der Waals surface area contributed by atoms with Crippen LogP contribution in [0.25, 0.3) is 0 Å². The summed E-state index contributed by atoms with van der Waals surface area (Å²) in [4.78, 5) is 11.9. The van der Waals surface area contributed by atoms with Gasteiger partial charge in [-0.05, 0) is 73.8 Å². The Balaban J connectivity index is 1.52. The van der Waals surface area contributed by atoms with Crippen LogP contribution in [0, 0.1) is 17.8 Å². The van der Waals surface area contributed by atoms with Crippen molar-refractivity contribution in [3.63, 3.8) is 0 Å². The highest BCUT2D eigenvalue weighted by atomic mass is 16.5. The maximum atomic E-state index is 11.9. The molecule has 0 N–H and O–H groups in total. The van der Waals surface area contributed by atoms with Crippen molar-refractivity contribution in [1.82, 2.24) is 0 Å². The zero-order valence-electron chi connectivity index (χ0n) is 16.2. The first-order valence-electron chi connectivity index (χ1n) is 10.4. The van der Waals surface area contributed by atoms with Crippen molar-refractivity contribution in [3.8, 4) is 0 Å². The zero-order chi connectivity index (χ0) is 17.8. The number of carbonyl (C=O) groups is 1. The first kappa shape index (κ1) is 18.5. The van der Waals surface area contributed by atoms with E-state index in [1.807, 2.05) is 6.92 Å². The topological polar surface area (TPSA) is 26.3 Å². The molecule has 0 radical (unpaired) electrons. The van der Waals surface area contributed by atoms with Gasteiger partial charge in [0.05, 0.1) is 5.92 Å². The van der Waals surface area contributed by atoms with Gasteiger partial charge in [0, 0.05) is 0 Å². The van der Waals surface area contributed by atoms with Crippen LogP contribution in [-0.2, 0) is 16.0 Å². The third kappa shape index (κ3) is 4.46. The lowest BCUT2D eigenvalue weighted by molar-refractivity contribution is -0.164. The predicted molar refractivity (Wildman–Crippen MR) is 103 cm³/mol. The largest absolute Gasteiger partial charge is 0.462 e. The molecule has 2 heteroatoms. The molecule has 1 saturated carbocycles. The highest BCUT2D eigenvalue weighted by molar-refractivity contribution is 5.72. The monoisotopic (exact) mass is 342 g/mol. The van der Waals surface area contributed by atoms with Gasteiger partial charge in [0.25, 0.3) is 0 Å². The summed E-state index contributed by atoms with van der Waals surface area (Å²) in [5, 5.41) is 0. The van der Waals surface area contributed by atoms with Crippen molar-refractivity contribution in [2.45, 2.75) is 84.2 Å². The Labute approximate surface area is 153 Å². The van der Waals surface area contributed by atoms with Gasteiger partial charge < -0.3 is 4.74 Å². The van der Waals surface area contributed by atoms with E-state index in [2.05, 4.69) is 38.1 Å². The van der Waals surface area contributed by atoms with Gasteiger partial charge in [-0.1, -0.05) is 51.5 Å². The highest BCUT2D eigenvalue weighted by Crippen LogP contribution is 2.41. The van der Waals surface area contributed by atoms with Crippen LogP contribution in [0.1, 0.15) is 82.8 Å².